The van der Waals surface area contributed by atoms with Crippen molar-refractivity contribution >= 4 is 17.5 Å². The van der Waals surface area contributed by atoms with Crippen LogP contribution in [0.25, 0.3) is 11.1 Å². The number of anilines is 1. The summed E-state index contributed by atoms with van der Waals surface area (Å²) in [4.78, 5) is 29.0. The zero-order valence-electron chi connectivity index (χ0n) is 18.0. The Hall–Kier alpha value is -2.90. The van der Waals surface area contributed by atoms with E-state index in [0.29, 0.717) is 38.0 Å². The van der Waals surface area contributed by atoms with Crippen molar-refractivity contribution in [1.29, 1.82) is 0 Å². The van der Waals surface area contributed by atoms with Crippen LogP contribution in [0.3, 0.4) is 0 Å². The highest BCUT2D eigenvalue weighted by Crippen LogP contribution is 2.37. The van der Waals surface area contributed by atoms with Crippen molar-refractivity contribution in [3.8, 4) is 11.1 Å². The van der Waals surface area contributed by atoms with Crippen molar-refractivity contribution < 1.29 is 14.7 Å². The number of benzene rings is 2. The van der Waals surface area contributed by atoms with Crippen LogP contribution in [0, 0.1) is 0 Å². The van der Waals surface area contributed by atoms with E-state index in [0.717, 1.165) is 23.4 Å². The number of piperazine rings is 1. The van der Waals surface area contributed by atoms with E-state index in [1.54, 1.807) is 9.80 Å². The van der Waals surface area contributed by atoms with Crippen LogP contribution in [-0.2, 0) is 11.3 Å². The zero-order chi connectivity index (χ0) is 21.8. The molecule has 2 aromatic carbocycles. The van der Waals surface area contributed by atoms with Gasteiger partial charge < -0.3 is 20.3 Å². The van der Waals surface area contributed by atoms with Gasteiger partial charge in [-0.05, 0) is 54.7 Å². The molecule has 1 aliphatic carbocycles. The van der Waals surface area contributed by atoms with Gasteiger partial charge in [0.15, 0.2) is 0 Å². The van der Waals surface area contributed by atoms with Gasteiger partial charge in [0.05, 0.1) is 5.69 Å². The number of fused-ring (bicyclic) bond motifs is 1. The molecule has 0 spiro atoms. The van der Waals surface area contributed by atoms with Crippen LogP contribution in [-0.4, -0.2) is 70.1 Å². The predicted octanol–water partition coefficient (Wildman–Crippen LogP) is 2.32. The Morgan fingerprint density at radius 3 is 2.45 bits per heavy atom. The molecule has 2 N–H and O–H groups in total. The molecule has 1 unspecified atom stereocenters. The van der Waals surface area contributed by atoms with E-state index < -0.39 is 5.60 Å². The van der Waals surface area contributed by atoms with Gasteiger partial charge in [-0.25, -0.2) is 5.01 Å². The third kappa shape index (κ3) is 3.68. The lowest BCUT2D eigenvalue weighted by atomic mass is 10.0. The van der Waals surface area contributed by atoms with Crippen LogP contribution in [0.5, 0.6) is 0 Å². The predicted molar refractivity (Wildman–Crippen MR) is 118 cm³/mol. The maximum Gasteiger partial charge on any atom is 0.254 e. The summed E-state index contributed by atoms with van der Waals surface area (Å²) in [7, 11) is 2.02. The molecule has 2 amide bonds. The van der Waals surface area contributed by atoms with E-state index in [9.17, 15) is 14.7 Å². The smallest absolute Gasteiger partial charge is 0.254 e. The molecule has 162 valence electrons. The number of nitrogens with zero attached hydrogens (tertiary/aromatic N) is 3. The largest absolute Gasteiger partial charge is 0.380 e. The quantitative estimate of drug-likeness (QED) is 0.797. The molecule has 5 rings (SSSR count). The normalized spacial score (nSPS) is 22.1. The molecule has 31 heavy (non-hydrogen) atoms. The van der Waals surface area contributed by atoms with Crippen molar-refractivity contribution in [2.45, 2.75) is 38.0 Å². The van der Waals surface area contributed by atoms with E-state index in [4.69, 9.17) is 0 Å². The molecule has 0 aromatic heterocycles. The minimum absolute atomic E-state index is 0.0205. The van der Waals surface area contributed by atoms with E-state index in [1.165, 1.54) is 5.56 Å². The zero-order valence-corrected chi connectivity index (χ0v) is 18.0. The number of hydrogen-bond donors (Lipinski definition) is 2. The summed E-state index contributed by atoms with van der Waals surface area (Å²) in [5, 5.41) is 12.2. The second kappa shape index (κ2) is 7.35. The number of rotatable bonds is 3. The summed E-state index contributed by atoms with van der Waals surface area (Å²) in [6, 6.07) is 14.0. The molecule has 3 aliphatic rings. The average Bonchev–Trinajstić information content (AvgIpc) is 3.41. The van der Waals surface area contributed by atoms with Gasteiger partial charge in [-0.15, -0.1) is 0 Å². The first-order chi connectivity index (χ1) is 14.8. The van der Waals surface area contributed by atoms with Gasteiger partial charge in [-0.3, -0.25) is 9.59 Å². The maximum absolute atomic E-state index is 13.0. The SMILES string of the molecule is CC1CN(C(=O)c2ccc(-c3ccc4c(c3)NN(C)C4)cc2)CCN1C(=O)C1(O)CC1. The van der Waals surface area contributed by atoms with E-state index in [1.807, 2.05) is 38.2 Å². The minimum atomic E-state index is -1.15. The monoisotopic (exact) mass is 420 g/mol. The lowest BCUT2D eigenvalue weighted by molar-refractivity contribution is -0.146. The molecule has 1 saturated heterocycles. The Bertz CT molecular complexity index is 1030. The molecule has 2 aromatic rings. The number of hydrogen-bond acceptors (Lipinski definition) is 5. The third-order valence-corrected chi connectivity index (χ3v) is 6.59. The van der Waals surface area contributed by atoms with Crippen molar-refractivity contribution in [3.63, 3.8) is 0 Å². The maximum atomic E-state index is 13.0. The summed E-state index contributed by atoms with van der Waals surface area (Å²) in [6.45, 7) is 4.25. The van der Waals surface area contributed by atoms with Gasteiger partial charge in [0.1, 0.15) is 5.60 Å². The fourth-order valence-electron chi connectivity index (χ4n) is 4.53. The first-order valence-corrected chi connectivity index (χ1v) is 10.9. The van der Waals surface area contributed by atoms with Crippen LogP contribution in [0.2, 0.25) is 0 Å². The molecule has 7 nitrogen and oxygen atoms in total. The molecule has 2 fully saturated rings. The molecule has 0 bridgehead atoms. The van der Waals surface area contributed by atoms with E-state index in [-0.39, 0.29) is 17.9 Å². The summed E-state index contributed by atoms with van der Waals surface area (Å²) in [5.74, 6) is -0.209. The van der Waals surface area contributed by atoms with Crippen molar-refractivity contribution in [3.05, 3.63) is 53.6 Å². The van der Waals surface area contributed by atoms with Gasteiger partial charge in [0.2, 0.25) is 0 Å². The van der Waals surface area contributed by atoms with Crippen LogP contribution in [0.15, 0.2) is 42.5 Å². The van der Waals surface area contributed by atoms with Gasteiger partial charge in [-0.1, -0.05) is 24.3 Å². The second-order valence-electron chi connectivity index (χ2n) is 9.05. The van der Waals surface area contributed by atoms with Gasteiger partial charge >= 0.3 is 0 Å². The second-order valence-corrected chi connectivity index (χ2v) is 9.05. The number of carbonyl (C=O) groups excluding carboxylic acids is 2. The number of amides is 2. The van der Waals surface area contributed by atoms with Crippen molar-refractivity contribution in [2.24, 2.45) is 0 Å². The van der Waals surface area contributed by atoms with Gasteiger partial charge in [-0.2, -0.15) is 0 Å². The van der Waals surface area contributed by atoms with Gasteiger partial charge in [0, 0.05) is 44.8 Å². The summed E-state index contributed by atoms with van der Waals surface area (Å²) < 4.78 is 0. The average molecular weight is 421 g/mol. The molecule has 2 aliphatic heterocycles. The Balaban J connectivity index is 1.26. The fraction of sp³-hybridized carbons (Fsp3) is 0.417. The highest BCUT2D eigenvalue weighted by Gasteiger charge is 2.51. The minimum Gasteiger partial charge on any atom is -0.380 e. The summed E-state index contributed by atoms with van der Waals surface area (Å²) in [5.41, 5.74) is 7.41. The first-order valence-electron chi connectivity index (χ1n) is 10.9. The fourth-order valence-corrected chi connectivity index (χ4v) is 4.53. The third-order valence-electron chi connectivity index (χ3n) is 6.59. The molecular formula is C24H28N4O3. The molecular weight excluding hydrogens is 392 g/mol. The molecule has 2 heterocycles. The molecule has 1 saturated carbocycles. The Morgan fingerprint density at radius 1 is 1.06 bits per heavy atom. The number of nitrogens with one attached hydrogen (secondary N) is 1. The highest BCUT2D eigenvalue weighted by molar-refractivity contribution is 5.95. The Morgan fingerprint density at radius 2 is 1.77 bits per heavy atom. The van der Waals surface area contributed by atoms with E-state index in [2.05, 4.69) is 28.6 Å². The van der Waals surface area contributed by atoms with Crippen LogP contribution in [0.4, 0.5) is 5.69 Å². The molecule has 0 radical (unpaired) electrons. The molecule has 7 heteroatoms. The standard InChI is InChI=1S/C24H28N4O3/c1-16-14-27(11-12-28(16)23(30)24(31)9-10-24)22(29)18-5-3-17(4-6-18)19-7-8-20-15-26(2)25-21(20)13-19/h3-8,13,16,25,31H,9-12,14-15H2,1-2H3. The Kier molecular flexibility index (Phi) is 4.75. The van der Waals surface area contributed by atoms with Gasteiger partial charge in [0.25, 0.3) is 11.8 Å². The lowest BCUT2D eigenvalue weighted by Crippen LogP contribution is -2.57. The van der Waals surface area contributed by atoms with Crippen LogP contribution >= 0.6 is 0 Å². The van der Waals surface area contributed by atoms with Crippen LogP contribution < -0.4 is 5.43 Å². The molecule has 1 atom stereocenters. The summed E-state index contributed by atoms with van der Waals surface area (Å²) in [6.07, 6.45) is 1.09. The highest BCUT2D eigenvalue weighted by atomic mass is 16.3. The van der Waals surface area contributed by atoms with Crippen LogP contribution in [0.1, 0.15) is 35.7 Å². The number of carbonyl (C=O) groups is 2. The number of hydrazine groups is 1. The van der Waals surface area contributed by atoms with E-state index >= 15 is 0 Å². The van der Waals surface area contributed by atoms with Crippen molar-refractivity contribution in [1.82, 2.24) is 14.8 Å². The summed E-state index contributed by atoms with van der Waals surface area (Å²) >= 11 is 0. The topological polar surface area (TPSA) is 76.1 Å². The van der Waals surface area contributed by atoms with Crippen molar-refractivity contribution in [2.75, 3.05) is 32.1 Å². The Labute approximate surface area is 182 Å². The number of aliphatic hydroxyl groups is 1. The first kappa shape index (κ1) is 20.0. The lowest BCUT2D eigenvalue weighted by Gasteiger charge is -2.40.